The summed E-state index contributed by atoms with van der Waals surface area (Å²) in [5, 5.41) is 7.66. The van der Waals surface area contributed by atoms with E-state index in [1.807, 2.05) is 18.4 Å². The highest BCUT2D eigenvalue weighted by molar-refractivity contribution is 7.11. The van der Waals surface area contributed by atoms with Gasteiger partial charge in [0.15, 0.2) is 5.82 Å². The quantitative estimate of drug-likeness (QED) is 0.795. The lowest BCUT2D eigenvalue weighted by atomic mass is 10.3. The van der Waals surface area contributed by atoms with Crippen molar-refractivity contribution < 1.29 is 0 Å². The summed E-state index contributed by atoms with van der Waals surface area (Å²) in [7, 11) is 1.89. The topological polar surface area (TPSA) is 42.7 Å². The summed E-state index contributed by atoms with van der Waals surface area (Å²) in [6.07, 6.45) is 3.75. The first kappa shape index (κ1) is 12.3. The fourth-order valence-corrected chi connectivity index (χ4v) is 2.55. The average Bonchev–Trinajstić information content (AvgIpc) is 2.93. The van der Waals surface area contributed by atoms with Crippen LogP contribution in [0.4, 0.5) is 0 Å². The molecule has 2 aromatic rings. The van der Waals surface area contributed by atoms with Gasteiger partial charge >= 0.3 is 0 Å². The first-order chi connectivity index (χ1) is 8.28. The molecule has 0 saturated heterocycles. The van der Waals surface area contributed by atoms with E-state index in [4.69, 9.17) is 0 Å². The Morgan fingerprint density at radius 1 is 1.35 bits per heavy atom. The summed E-state index contributed by atoms with van der Waals surface area (Å²) in [6.45, 7) is 4.05. The SMILES string of the molecule is CCc1ccc(CNCCc2ncn(C)n2)s1. The van der Waals surface area contributed by atoms with Crippen LogP contribution in [-0.4, -0.2) is 21.3 Å². The molecule has 2 heterocycles. The van der Waals surface area contributed by atoms with E-state index in [1.165, 1.54) is 9.75 Å². The average molecular weight is 250 g/mol. The van der Waals surface area contributed by atoms with Gasteiger partial charge in [-0.25, -0.2) is 4.98 Å². The van der Waals surface area contributed by atoms with E-state index in [0.717, 1.165) is 31.8 Å². The Kier molecular flexibility index (Phi) is 4.28. The molecule has 0 aliphatic carbocycles. The molecule has 0 bridgehead atoms. The van der Waals surface area contributed by atoms with E-state index < -0.39 is 0 Å². The lowest BCUT2D eigenvalue weighted by Gasteiger charge is -2.00. The fraction of sp³-hybridized carbons (Fsp3) is 0.500. The number of hydrogen-bond donors (Lipinski definition) is 1. The molecule has 2 rings (SSSR count). The molecule has 5 heteroatoms. The van der Waals surface area contributed by atoms with Crippen LogP contribution in [0.25, 0.3) is 0 Å². The van der Waals surface area contributed by atoms with Crippen LogP contribution in [0.5, 0.6) is 0 Å². The lowest BCUT2D eigenvalue weighted by Crippen LogP contribution is -2.16. The maximum atomic E-state index is 4.24. The largest absolute Gasteiger partial charge is 0.311 e. The second kappa shape index (κ2) is 5.93. The first-order valence-corrected chi connectivity index (χ1v) is 6.72. The van der Waals surface area contributed by atoms with Crippen molar-refractivity contribution in [2.75, 3.05) is 6.54 Å². The molecule has 0 radical (unpaired) electrons. The van der Waals surface area contributed by atoms with Crippen LogP contribution in [0, 0.1) is 0 Å². The molecule has 92 valence electrons. The molecule has 0 atom stereocenters. The van der Waals surface area contributed by atoms with Crippen molar-refractivity contribution in [1.29, 1.82) is 0 Å². The molecule has 0 fully saturated rings. The molecule has 1 N–H and O–H groups in total. The molecule has 0 aliphatic rings. The lowest BCUT2D eigenvalue weighted by molar-refractivity contribution is 0.665. The van der Waals surface area contributed by atoms with Crippen molar-refractivity contribution in [3.8, 4) is 0 Å². The Labute approximate surface area is 106 Å². The summed E-state index contributed by atoms with van der Waals surface area (Å²) in [5.74, 6) is 0.903. The Balaban J connectivity index is 1.69. The second-order valence-electron chi connectivity index (χ2n) is 3.98. The highest BCUT2D eigenvalue weighted by Gasteiger charge is 2.00. The predicted molar refractivity (Wildman–Crippen MR) is 70.1 cm³/mol. The van der Waals surface area contributed by atoms with Crippen LogP contribution in [0.1, 0.15) is 22.5 Å². The van der Waals surface area contributed by atoms with Gasteiger partial charge < -0.3 is 5.32 Å². The molecule has 0 aliphatic heterocycles. The standard InChI is InChI=1S/C12H18N4S/c1-3-10-4-5-11(17-10)8-13-7-6-12-14-9-16(2)15-12/h4-5,9,13H,3,6-8H2,1-2H3. The zero-order valence-corrected chi connectivity index (χ0v) is 11.1. The fourth-order valence-electron chi connectivity index (χ4n) is 1.62. The number of nitrogens with zero attached hydrogens (tertiary/aromatic N) is 3. The van der Waals surface area contributed by atoms with Gasteiger partial charge in [0.2, 0.25) is 0 Å². The molecule has 2 aromatic heterocycles. The zero-order chi connectivity index (χ0) is 12.1. The van der Waals surface area contributed by atoms with Gasteiger partial charge in [-0.2, -0.15) is 5.10 Å². The van der Waals surface area contributed by atoms with E-state index in [9.17, 15) is 0 Å². The molecule has 0 saturated carbocycles. The van der Waals surface area contributed by atoms with E-state index in [1.54, 1.807) is 11.0 Å². The monoisotopic (exact) mass is 250 g/mol. The predicted octanol–water partition coefficient (Wildman–Crippen LogP) is 1.77. The second-order valence-corrected chi connectivity index (χ2v) is 5.24. The first-order valence-electron chi connectivity index (χ1n) is 5.90. The van der Waals surface area contributed by atoms with Gasteiger partial charge in [0.25, 0.3) is 0 Å². The van der Waals surface area contributed by atoms with Gasteiger partial charge in [-0.1, -0.05) is 6.92 Å². The summed E-state index contributed by atoms with van der Waals surface area (Å²) in [4.78, 5) is 7.04. The van der Waals surface area contributed by atoms with Gasteiger partial charge in [-0.05, 0) is 18.6 Å². The van der Waals surface area contributed by atoms with Crippen molar-refractivity contribution in [2.24, 2.45) is 7.05 Å². The molecule has 17 heavy (non-hydrogen) atoms. The maximum absolute atomic E-state index is 4.24. The highest BCUT2D eigenvalue weighted by atomic mass is 32.1. The number of rotatable bonds is 6. The molecule has 0 unspecified atom stereocenters. The summed E-state index contributed by atoms with van der Waals surface area (Å²) >= 11 is 1.89. The van der Waals surface area contributed by atoms with Crippen molar-refractivity contribution >= 4 is 11.3 Å². The Bertz CT molecular complexity index is 461. The molecular formula is C12H18N4S. The number of aromatic nitrogens is 3. The number of aryl methyl sites for hydroxylation is 2. The van der Waals surface area contributed by atoms with Crippen LogP contribution >= 0.6 is 11.3 Å². The van der Waals surface area contributed by atoms with Crippen LogP contribution < -0.4 is 5.32 Å². The van der Waals surface area contributed by atoms with Crippen molar-refractivity contribution in [2.45, 2.75) is 26.3 Å². The third-order valence-corrected chi connectivity index (χ3v) is 3.77. The molecular weight excluding hydrogens is 232 g/mol. The van der Waals surface area contributed by atoms with E-state index in [-0.39, 0.29) is 0 Å². The number of thiophene rings is 1. The Morgan fingerprint density at radius 2 is 2.18 bits per heavy atom. The van der Waals surface area contributed by atoms with Crippen molar-refractivity contribution in [3.63, 3.8) is 0 Å². The zero-order valence-electron chi connectivity index (χ0n) is 10.3. The van der Waals surface area contributed by atoms with Gasteiger partial charge in [0, 0.05) is 36.3 Å². The smallest absolute Gasteiger partial charge is 0.151 e. The highest BCUT2D eigenvalue weighted by Crippen LogP contribution is 2.16. The minimum absolute atomic E-state index is 0.882. The normalized spacial score (nSPS) is 10.9. The van der Waals surface area contributed by atoms with Gasteiger partial charge in [-0.15, -0.1) is 11.3 Å². The van der Waals surface area contributed by atoms with E-state index >= 15 is 0 Å². The van der Waals surface area contributed by atoms with Crippen molar-refractivity contribution in [1.82, 2.24) is 20.1 Å². The Hall–Kier alpha value is -1.20. The number of nitrogens with one attached hydrogen (secondary N) is 1. The Morgan fingerprint density at radius 3 is 2.82 bits per heavy atom. The summed E-state index contributed by atoms with van der Waals surface area (Å²) in [6, 6.07) is 4.41. The molecule has 0 aromatic carbocycles. The maximum Gasteiger partial charge on any atom is 0.151 e. The van der Waals surface area contributed by atoms with Crippen LogP contribution in [0.3, 0.4) is 0 Å². The number of hydrogen-bond acceptors (Lipinski definition) is 4. The third kappa shape index (κ3) is 3.64. The third-order valence-electron chi connectivity index (χ3n) is 2.54. The van der Waals surface area contributed by atoms with Crippen LogP contribution in [-0.2, 0) is 26.4 Å². The molecule has 4 nitrogen and oxygen atoms in total. The van der Waals surface area contributed by atoms with E-state index in [0.29, 0.717) is 0 Å². The summed E-state index contributed by atoms with van der Waals surface area (Å²) < 4.78 is 1.74. The van der Waals surface area contributed by atoms with Crippen LogP contribution in [0.2, 0.25) is 0 Å². The minimum atomic E-state index is 0.882. The molecule has 0 spiro atoms. The van der Waals surface area contributed by atoms with Gasteiger partial charge in [0.05, 0.1) is 0 Å². The van der Waals surface area contributed by atoms with Crippen molar-refractivity contribution in [3.05, 3.63) is 34.0 Å². The van der Waals surface area contributed by atoms with E-state index in [2.05, 4.69) is 34.5 Å². The minimum Gasteiger partial charge on any atom is -0.311 e. The van der Waals surface area contributed by atoms with Gasteiger partial charge in [-0.3, -0.25) is 4.68 Å². The summed E-state index contributed by atoms with van der Waals surface area (Å²) in [5.41, 5.74) is 0. The van der Waals surface area contributed by atoms with Crippen LogP contribution in [0.15, 0.2) is 18.5 Å². The van der Waals surface area contributed by atoms with Gasteiger partial charge in [0.1, 0.15) is 6.33 Å². The molecule has 0 amide bonds.